The van der Waals surface area contributed by atoms with E-state index in [-0.39, 0.29) is 0 Å². The molecule has 12 heteroatoms. The van der Waals surface area contributed by atoms with E-state index in [2.05, 4.69) is 24.8 Å². The van der Waals surface area contributed by atoms with Crippen LogP contribution in [0.5, 0.6) is 0 Å². The summed E-state index contributed by atoms with van der Waals surface area (Å²) in [4.78, 5) is 21.1. The van der Waals surface area contributed by atoms with Crippen molar-refractivity contribution in [2.24, 2.45) is 0 Å². The molecule has 0 aliphatic carbocycles. The highest BCUT2D eigenvalue weighted by atomic mass is 31.1. The van der Waals surface area contributed by atoms with Crippen LogP contribution >= 0.6 is 8.25 Å². The lowest BCUT2D eigenvalue weighted by molar-refractivity contribution is -0.0436. The smallest absolute Gasteiger partial charge is 0.317 e. The molecule has 5 atom stereocenters. The number of imidazole rings is 1. The van der Waals surface area contributed by atoms with Gasteiger partial charge < -0.3 is 24.6 Å². The number of nitrogens with one attached hydrogen (secondary N) is 1. The predicted molar refractivity (Wildman–Crippen MR) is 76.9 cm³/mol. The quantitative estimate of drug-likeness (QED) is 0.632. The van der Waals surface area contributed by atoms with E-state index in [4.69, 9.17) is 9.63 Å². The lowest BCUT2D eigenvalue weighted by Crippen LogP contribution is -2.32. The number of aliphatic hydroxyl groups is 1. The molecule has 2 aromatic rings. The molecule has 126 valence electrons. The first-order valence-electron chi connectivity index (χ1n) is 6.72. The van der Waals surface area contributed by atoms with Crippen molar-refractivity contribution < 1.29 is 28.2 Å². The molecule has 1 saturated heterocycles. The minimum Gasteiger partial charge on any atom is -0.394 e. The van der Waals surface area contributed by atoms with Gasteiger partial charge in [-0.25, -0.2) is 19.3 Å². The van der Waals surface area contributed by atoms with Gasteiger partial charge in [-0.1, -0.05) is 0 Å². The standard InChI is InChI=1S/C11H15FN5O5P/c1-13-9-7-10(15-3-14-9)17(4-16-7)11-6(12)8(22-23(19)20)5(2-18)21-11/h3-6,8,11,18,23H,2H2,1H3,(H,19,20)(H,13,14,15). The fourth-order valence-corrected chi connectivity index (χ4v) is 3.06. The lowest BCUT2D eigenvalue weighted by atomic mass is 10.1. The molecule has 23 heavy (non-hydrogen) atoms. The van der Waals surface area contributed by atoms with Crippen LogP contribution in [0.4, 0.5) is 10.2 Å². The predicted octanol–water partition coefficient (Wildman–Crippen LogP) is -0.137. The molecule has 1 aliphatic rings. The molecule has 2 aromatic heterocycles. The first-order chi connectivity index (χ1) is 11.1. The van der Waals surface area contributed by atoms with Gasteiger partial charge in [0.15, 0.2) is 23.9 Å². The molecule has 0 aromatic carbocycles. The van der Waals surface area contributed by atoms with Gasteiger partial charge in [0.1, 0.15) is 24.1 Å². The fraction of sp³-hybridized carbons (Fsp3) is 0.545. The molecular formula is C11H15FN5O5P. The average Bonchev–Trinajstić information content (AvgIpc) is 3.09. The summed E-state index contributed by atoms with van der Waals surface area (Å²) in [5, 5.41) is 12.1. The van der Waals surface area contributed by atoms with Gasteiger partial charge in [0.25, 0.3) is 0 Å². The molecule has 3 heterocycles. The summed E-state index contributed by atoms with van der Waals surface area (Å²) in [6.45, 7) is -0.555. The minimum atomic E-state index is -3.38. The zero-order valence-electron chi connectivity index (χ0n) is 12.0. The number of fused-ring (bicyclic) bond motifs is 1. The second-order valence-electron chi connectivity index (χ2n) is 4.84. The van der Waals surface area contributed by atoms with Crippen LogP contribution in [0.2, 0.25) is 0 Å². The van der Waals surface area contributed by atoms with Crippen LogP contribution in [0.25, 0.3) is 11.2 Å². The number of aliphatic hydroxyl groups excluding tert-OH is 1. The molecule has 0 saturated carbocycles. The molecule has 1 aliphatic heterocycles. The number of anilines is 1. The Morgan fingerprint density at radius 3 is 2.96 bits per heavy atom. The van der Waals surface area contributed by atoms with E-state index in [1.54, 1.807) is 7.05 Å². The molecular weight excluding hydrogens is 332 g/mol. The molecule has 3 rings (SSSR count). The van der Waals surface area contributed by atoms with Gasteiger partial charge in [-0.2, -0.15) is 0 Å². The molecule has 0 amide bonds. The topological polar surface area (TPSA) is 132 Å². The Bertz CT molecular complexity index is 730. The second kappa shape index (κ2) is 6.46. The zero-order valence-corrected chi connectivity index (χ0v) is 13.0. The first-order valence-corrected chi connectivity index (χ1v) is 7.98. The summed E-state index contributed by atoms with van der Waals surface area (Å²) in [5.41, 5.74) is 0.748. The molecule has 0 spiro atoms. The molecule has 3 N–H and O–H groups in total. The van der Waals surface area contributed by atoms with Gasteiger partial charge in [0.2, 0.25) is 0 Å². The van der Waals surface area contributed by atoms with Crippen LogP contribution in [-0.2, 0) is 13.8 Å². The van der Waals surface area contributed by atoms with Crippen molar-refractivity contribution in [2.45, 2.75) is 24.6 Å². The van der Waals surface area contributed by atoms with Crippen LogP contribution in [0.1, 0.15) is 6.23 Å². The Morgan fingerprint density at radius 2 is 2.30 bits per heavy atom. The molecule has 0 radical (unpaired) electrons. The maximum atomic E-state index is 14.6. The van der Waals surface area contributed by atoms with Gasteiger partial charge in [-0.05, 0) is 0 Å². The summed E-state index contributed by atoms with van der Waals surface area (Å²) < 4.78 is 36.9. The average molecular weight is 347 g/mol. The number of rotatable bonds is 5. The Labute approximate surface area is 130 Å². The van der Waals surface area contributed by atoms with Gasteiger partial charge in [0.05, 0.1) is 12.9 Å². The number of halogens is 1. The van der Waals surface area contributed by atoms with E-state index in [1.807, 2.05) is 0 Å². The maximum Gasteiger partial charge on any atom is 0.317 e. The normalized spacial score (nSPS) is 29.0. The van der Waals surface area contributed by atoms with Crippen molar-refractivity contribution in [3.8, 4) is 0 Å². The SMILES string of the molecule is CNc1ncnc2c1ncn2C1OC(CO)C(O[PH](=O)O)C1F. The van der Waals surface area contributed by atoms with Gasteiger partial charge in [0, 0.05) is 7.05 Å². The van der Waals surface area contributed by atoms with Crippen LogP contribution in [0.15, 0.2) is 12.7 Å². The van der Waals surface area contributed by atoms with E-state index in [1.165, 1.54) is 17.2 Å². The highest BCUT2D eigenvalue weighted by molar-refractivity contribution is 7.32. The van der Waals surface area contributed by atoms with Crippen LogP contribution in [0.3, 0.4) is 0 Å². The van der Waals surface area contributed by atoms with Crippen molar-refractivity contribution in [3.63, 3.8) is 0 Å². The van der Waals surface area contributed by atoms with E-state index in [0.717, 1.165) is 0 Å². The van der Waals surface area contributed by atoms with E-state index in [0.29, 0.717) is 17.0 Å². The van der Waals surface area contributed by atoms with Crippen molar-refractivity contribution >= 4 is 25.2 Å². The number of hydrogen-bond acceptors (Lipinski definition) is 8. The number of ether oxygens (including phenoxy) is 1. The zero-order chi connectivity index (χ0) is 16.6. The Kier molecular flexibility index (Phi) is 4.55. The minimum absolute atomic E-state index is 0.325. The monoisotopic (exact) mass is 347 g/mol. The lowest BCUT2D eigenvalue weighted by Gasteiger charge is -2.16. The Hall–Kier alpha value is -1.65. The third-order valence-electron chi connectivity index (χ3n) is 3.55. The number of alkyl halides is 1. The van der Waals surface area contributed by atoms with Crippen molar-refractivity contribution in [1.82, 2.24) is 19.5 Å². The third-order valence-corrected chi connectivity index (χ3v) is 4.03. The summed E-state index contributed by atoms with van der Waals surface area (Å²) in [7, 11) is -1.72. The van der Waals surface area contributed by atoms with Crippen molar-refractivity contribution in [3.05, 3.63) is 12.7 Å². The summed E-state index contributed by atoms with van der Waals surface area (Å²) in [6, 6.07) is 0. The number of aromatic nitrogens is 4. The summed E-state index contributed by atoms with van der Waals surface area (Å²) >= 11 is 0. The van der Waals surface area contributed by atoms with Crippen LogP contribution in [-0.4, -0.2) is 61.6 Å². The van der Waals surface area contributed by atoms with E-state index < -0.39 is 39.5 Å². The van der Waals surface area contributed by atoms with Gasteiger partial charge >= 0.3 is 8.25 Å². The van der Waals surface area contributed by atoms with Crippen LogP contribution in [0, 0.1) is 0 Å². The van der Waals surface area contributed by atoms with E-state index >= 15 is 0 Å². The van der Waals surface area contributed by atoms with Gasteiger partial charge in [-0.15, -0.1) is 0 Å². The second-order valence-corrected chi connectivity index (χ2v) is 5.60. The third kappa shape index (κ3) is 2.81. The maximum absolute atomic E-state index is 14.6. The highest BCUT2D eigenvalue weighted by Gasteiger charge is 2.48. The van der Waals surface area contributed by atoms with Crippen LogP contribution < -0.4 is 5.32 Å². The molecule has 5 unspecified atom stereocenters. The first kappa shape index (κ1) is 16.2. The fourth-order valence-electron chi connectivity index (χ4n) is 2.54. The summed E-state index contributed by atoms with van der Waals surface area (Å²) in [6.07, 6.45) is -2.78. The molecule has 1 fully saturated rings. The van der Waals surface area contributed by atoms with Crippen molar-refractivity contribution in [1.29, 1.82) is 0 Å². The largest absolute Gasteiger partial charge is 0.394 e. The summed E-state index contributed by atoms with van der Waals surface area (Å²) in [5.74, 6) is 0.467. The molecule has 10 nitrogen and oxygen atoms in total. The van der Waals surface area contributed by atoms with Crippen molar-refractivity contribution in [2.75, 3.05) is 19.0 Å². The Morgan fingerprint density at radius 1 is 1.52 bits per heavy atom. The van der Waals surface area contributed by atoms with E-state index in [9.17, 15) is 14.1 Å². The number of hydrogen-bond donors (Lipinski definition) is 3. The van der Waals surface area contributed by atoms with Gasteiger partial charge in [-0.3, -0.25) is 9.13 Å². The highest BCUT2D eigenvalue weighted by Crippen LogP contribution is 2.38. The number of nitrogens with zero attached hydrogens (tertiary/aromatic N) is 4. The Balaban J connectivity index is 1.97. The molecule has 0 bridgehead atoms.